The number of ether oxygens (including phenoxy) is 1. The van der Waals surface area contributed by atoms with E-state index in [4.69, 9.17) is 9.73 Å². The van der Waals surface area contributed by atoms with Gasteiger partial charge < -0.3 is 25.6 Å². The fraction of sp³-hybridized carbons (Fsp3) is 0.966. The van der Waals surface area contributed by atoms with Gasteiger partial charge in [0.05, 0.1) is 12.1 Å². The van der Waals surface area contributed by atoms with Gasteiger partial charge in [0.2, 0.25) is 0 Å². The lowest BCUT2D eigenvalue weighted by atomic mass is 9.88. The van der Waals surface area contributed by atoms with E-state index in [-0.39, 0.29) is 35.6 Å². The normalized spacial score (nSPS) is 29.9. The highest BCUT2D eigenvalue weighted by molar-refractivity contribution is 7.86. The average molecular weight is 633 g/mol. The topological polar surface area (TPSA) is 145 Å². The second-order valence-electron chi connectivity index (χ2n) is 14.0. The smallest absolute Gasteiger partial charge is 0.281 e. The summed E-state index contributed by atoms with van der Waals surface area (Å²) < 4.78 is 33.0. The van der Waals surface area contributed by atoms with Crippen LogP contribution < -0.4 is 16.0 Å². The second-order valence-corrected chi connectivity index (χ2v) is 16.2. The van der Waals surface area contributed by atoms with Crippen molar-refractivity contribution >= 4 is 16.4 Å². The number of hydrogen-bond acceptors (Lipinski definition) is 11. The molecule has 0 saturated carbocycles. The van der Waals surface area contributed by atoms with Crippen LogP contribution in [0.2, 0.25) is 0 Å². The molecule has 0 bridgehead atoms. The minimum absolute atomic E-state index is 0.0177. The lowest BCUT2D eigenvalue weighted by Crippen LogP contribution is -2.65. The molecule has 252 valence electrons. The van der Waals surface area contributed by atoms with Crippen LogP contribution in [0.1, 0.15) is 47.5 Å². The Labute approximate surface area is 260 Å². The standard InChI is InChI=1S/C29H60N8O5S/c1-21(2)20-37(27(39)24-19-32-28(29(3,4)5)33-25(24)31-10-9-15-42-8)23-16-22(17-30-18-23)26(38)35-11-13-36(14-12-35)43(40,41)34(6)7/h19,21-28,30-31,33,38-39H,9-18,20H2,1-8H3/t22-,23+,24?,25?,26?,27?,28?/m1/s1. The van der Waals surface area contributed by atoms with Crippen molar-refractivity contribution < 1.29 is 23.4 Å². The van der Waals surface area contributed by atoms with Crippen molar-refractivity contribution in [1.29, 1.82) is 0 Å². The number of piperazine rings is 1. The number of aliphatic imine (C=N–C) groups is 1. The van der Waals surface area contributed by atoms with Gasteiger partial charge >= 0.3 is 0 Å². The minimum atomic E-state index is -3.47. The monoisotopic (exact) mass is 632 g/mol. The molecule has 3 heterocycles. The molecule has 0 radical (unpaired) electrons. The highest BCUT2D eigenvalue weighted by atomic mass is 32.2. The lowest BCUT2D eigenvalue weighted by Gasteiger charge is -2.48. The van der Waals surface area contributed by atoms with Crippen LogP contribution in [0.4, 0.5) is 0 Å². The Hall–Kier alpha value is -0.780. The number of methoxy groups -OCH3 is 1. The first-order chi connectivity index (χ1) is 20.2. The summed E-state index contributed by atoms with van der Waals surface area (Å²) in [6, 6.07) is 0.0177. The molecule has 2 saturated heterocycles. The molecule has 3 aliphatic rings. The maximum absolute atomic E-state index is 12.5. The van der Waals surface area contributed by atoms with Gasteiger partial charge in [0.15, 0.2) is 0 Å². The third-order valence-corrected chi connectivity index (χ3v) is 10.7. The lowest BCUT2D eigenvalue weighted by molar-refractivity contribution is -0.0980. The van der Waals surface area contributed by atoms with Gasteiger partial charge in [-0.05, 0) is 30.7 Å². The number of aliphatic hydroxyl groups is 2. The number of nitrogens with one attached hydrogen (secondary N) is 3. The molecule has 7 atom stereocenters. The molecule has 0 aromatic rings. The largest absolute Gasteiger partial charge is 0.385 e. The van der Waals surface area contributed by atoms with Crippen molar-refractivity contribution in [3.63, 3.8) is 0 Å². The van der Waals surface area contributed by atoms with E-state index in [0.29, 0.717) is 51.8 Å². The predicted octanol–water partition coefficient (Wildman–Crippen LogP) is -0.402. The number of hydrogen-bond donors (Lipinski definition) is 5. The van der Waals surface area contributed by atoms with Crippen LogP contribution in [0.15, 0.2) is 4.99 Å². The van der Waals surface area contributed by atoms with Crippen molar-refractivity contribution in [3.8, 4) is 0 Å². The molecule has 13 nitrogen and oxygen atoms in total. The van der Waals surface area contributed by atoms with Crippen molar-refractivity contribution in [2.75, 3.05) is 80.2 Å². The highest BCUT2D eigenvalue weighted by Crippen LogP contribution is 2.29. The maximum atomic E-state index is 12.5. The molecule has 3 rings (SSSR count). The summed E-state index contributed by atoms with van der Waals surface area (Å²) in [5.41, 5.74) is -0.0741. The Morgan fingerprint density at radius 3 is 2.40 bits per heavy atom. The molecular formula is C29H60N8O5S. The van der Waals surface area contributed by atoms with Crippen LogP contribution in [0, 0.1) is 23.2 Å². The zero-order chi connectivity index (χ0) is 31.9. The first kappa shape index (κ1) is 36.7. The van der Waals surface area contributed by atoms with Crippen LogP contribution in [0.25, 0.3) is 0 Å². The van der Waals surface area contributed by atoms with Crippen LogP contribution in [-0.4, -0.2) is 154 Å². The van der Waals surface area contributed by atoms with Crippen LogP contribution in [0.3, 0.4) is 0 Å². The molecule has 0 amide bonds. The molecule has 5 unspecified atom stereocenters. The van der Waals surface area contributed by atoms with E-state index >= 15 is 0 Å². The molecule has 0 spiro atoms. The first-order valence-corrected chi connectivity index (χ1v) is 17.3. The van der Waals surface area contributed by atoms with Gasteiger partial charge in [-0.15, -0.1) is 0 Å². The van der Waals surface area contributed by atoms with Crippen LogP contribution in [-0.2, 0) is 14.9 Å². The molecule has 14 heteroatoms. The van der Waals surface area contributed by atoms with E-state index < -0.39 is 22.7 Å². The molecule has 5 N–H and O–H groups in total. The Morgan fingerprint density at radius 2 is 1.81 bits per heavy atom. The first-order valence-electron chi connectivity index (χ1n) is 15.9. The average Bonchev–Trinajstić information content (AvgIpc) is 2.96. The van der Waals surface area contributed by atoms with E-state index in [2.05, 4.69) is 55.5 Å². The molecule has 43 heavy (non-hydrogen) atoms. The van der Waals surface area contributed by atoms with Gasteiger partial charge in [-0.1, -0.05) is 34.6 Å². The predicted molar refractivity (Wildman–Crippen MR) is 171 cm³/mol. The van der Waals surface area contributed by atoms with Gasteiger partial charge in [0.1, 0.15) is 18.6 Å². The molecular weight excluding hydrogens is 572 g/mol. The third-order valence-electron chi connectivity index (χ3n) is 8.79. The van der Waals surface area contributed by atoms with Crippen LogP contribution in [0.5, 0.6) is 0 Å². The zero-order valence-corrected chi connectivity index (χ0v) is 28.6. The fourth-order valence-corrected chi connectivity index (χ4v) is 7.35. The Balaban J connectivity index is 1.72. The van der Waals surface area contributed by atoms with Gasteiger partial charge in [-0.2, -0.15) is 17.0 Å². The number of nitrogens with zero attached hydrogens (tertiary/aromatic N) is 5. The molecule has 0 aromatic heterocycles. The zero-order valence-electron chi connectivity index (χ0n) is 27.7. The summed E-state index contributed by atoms with van der Waals surface area (Å²) in [5.74, 6) is 0.0107. The number of rotatable bonds is 14. The van der Waals surface area contributed by atoms with E-state index in [0.717, 1.165) is 25.9 Å². The van der Waals surface area contributed by atoms with Crippen molar-refractivity contribution in [3.05, 3.63) is 0 Å². The molecule has 3 aliphatic heterocycles. The van der Waals surface area contributed by atoms with Crippen LogP contribution >= 0.6 is 0 Å². The van der Waals surface area contributed by atoms with Crippen molar-refractivity contribution in [2.45, 2.75) is 78.3 Å². The minimum Gasteiger partial charge on any atom is -0.385 e. The number of aliphatic hydroxyl groups excluding tert-OH is 2. The van der Waals surface area contributed by atoms with Gasteiger partial charge in [0.25, 0.3) is 10.2 Å². The summed E-state index contributed by atoms with van der Waals surface area (Å²) in [7, 11) is 1.32. The van der Waals surface area contributed by atoms with Gasteiger partial charge in [-0.3, -0.25) is 20.1 Å². The summed E-state index contributed by atoms with van der Waals surface area (Å²) >= 11 is 0. The van der Waals surface area contributed by atoms with E-state index in [1.54, 1.807) is 21.2 Å². The van der Waals surface area contributed by atoms with E-state index in [1.165, 1.54) is 8.61 Å². The quantitative estimate of drug-likeness (QED) is 0.127. The second kappa shape index (κ2) is 16.2. The van der Waals surface area contributed by atoms with E-state index in [1.807, 2.05) is 11.1 Å². The Kier molecular flexibility index (Phi) is 13.8. The summed E-state index contributed by atoms with van der Waals surface area (Å²) in [4.78, 5) is 9.03. The summed E-state index contributed by atoms with van der Waals surface area (Å²) in [6.45, 7) is 16.0. The van der Waals surface area contributed by atoms with Gasteiger partial charge in [-0.25, -0.2) is 0 Å². The highest BCUT2D eigenvalue weighted by Gasteiger charge is 2.42. The Bertz CT molecular complexity index is 970. The van der Waals surface area contributed by atoms with Gasteiger partial charge in [0, 0.05) is 91.8 Å². The molecule has 0 aromatic carbocycles. The van der Waals surface area contributed by atoms with E-state index in [9.17, 15) is 18.6 Å². The van der Waals surface area contributed by atoms with Crippen molar-refractivity contribution in [1.82, 2.24) is 34.4 Å². The third kappa shape index (κ3) is 9.85. The SMILES string of the molecule is COCCCNC1NC(C(C)(C)C)N=CC1C(O)N(CC(C)C)[C@@H]1CNC[C@H](C(O)N2CCN(S(=O)(=O)N(C)C)CC2)C1. The summed E-state index contributed by atoms with van der Waals surface area (Å²) in [5, 5.41) is 34.2. The van der Waals surface area contributed by atoms with Crippen molar-refractivity contribution in [2.24, 2.45) is 28.2 Å². The summed E-state index contributed by atoms with van der Waals surface area (Å²) in [6.07, 6.45) is 1.82. The number of piperidine rings is 1. The fourth-order valence-electron chi connectivity index (χ4n) is 6.26. The maximum Gasteiger partial charge on any atom is 0.281 e. The molecule has 2 fully saturated rings. The Morgan fingerprint density at radius 1 is 1.14 bits per heavy atom. The molecule has 0 aliphatic carbocycles.